The summed E-state index contributed by atoms with van der Waals surface area (Å²) in [4.78, 5) is 19.4. The van der Waals surface area contributed by atoms with Gasteiger partial charge in [-0.15, -0.1) is 5.10 Å². The molecule has 2 aromatic rings. The summed E-state index contributed by atoms with van der Waals surface area (Å²) in [5.74, 6) is 1.47. The number of amides is 1. The van der Waals surface area contributed by atoms with Crippen LogP contribution in [0.15, 0.2) is 36.5 Å². The van der Waals surface area contributed by atoms with Crippen molar-refractivity contribution in [2.24, 2.45) is 0 Å². The molecule has 3 heterocycles. The first-order valence-electron chi connectivity index (χ1n) is 10.6. The van der Waals surface area contributed by atoms with E-state index in [1.807, 2.05) is 4.90 Å². The van der Waals surface area contributed by atoms with Crippen molar-refractivity contribution in [3.8, 4) is 5.75 Å². The molecule has 2 saturated heterocycles. The van der Waals surface area contributed by atoms with Gasteiger partial charge in [0.1, 0.15) is 5.75 Å². The van der Waals surface area contributed by atoms with Crippen LogP contribution in [0, 0.1) is 0 Å². The lowest BCUT2D eigenvalue weighted by Gasteiger charge is -2.39. The molecule has 8 nitrogen and oxygen atoms in total. The third-order valence-electron chi connectivity index (χ3n) is 5.60. The van der Waals surface area contributed by atoms with E-state index in [-0.39, 0.29) is 5.91 Å². The minimum absolute atomic E-state index is 0.0241. The van der Waals surface area contributed by atoms with E-state index in [1.165, 1.54) is 0 Å². The summed E-state index contributed by atoms with van der Waals surface area (Å²) in [5, 5.41) is 9.11. The van der Waals surface area contributed by atoms with Crippen LogP contribution in [-0.2, 0) is 9.53 Å². The Morgan fingerprint density at radius 2 is 1.71 bits per heavy atom. The molecule has 0 bridgehead atoms. The molecular formula is C22H28ClN5O3. The van der Waals surface area contributed by atoms with Gasteiger partial charge >= 0.3 is 0 Å². The second-order valence-electron chi connectivity index (χ2n) is 8.22. The molecule has 2 aliphatic rings. The van der Waals surface area contributed by atoms with Crippen molar-refractivity contribution in [1.82, 2.24) is 15.1 Å². The average molecular weight is 446 g/mol. The quantitative estimate of drug-likeness (QED) is 0.700. The highest BCUT2D eigenvalue weighted by Crippen LogP contribution is 2.25. The summed E-state index contributed by atoms with van der Waals surface area (Å²) < 4.78 is 11.4. The van der Waals surface area contributed by atoms with Gasteiger partial charge in [0.2, 0.25) is 0 Å². The number of carbonyl (C=O) groups is 1. The van der Waals surface area contributed by atoms with Crippen LogP contribution in [0.3, 0.4) is 0 Å². The van der Waals surface area contributed by atoms with Gasteiger partial charge in [0, 0.05) is 50.4 Å². The zero-order valence-corrected chi connectivity index (χ0v) is 18.7. The largest absolute Gasteiger partial charge is 0.478 e. The number of morpholine rings is 1. The summed E-state index contributed by atoms with van der Waals surface area (Å²) in [6, 6.07) is 9.13. The van der Waals surface area contributed by atoms with Gasteiger partial charge in [-0.05, 0) is 38.1 Å². The molecule has 4 rings (SSSR count). The lowest BCUT2D eigenvalue weighted by Crippen LogP contribution is -2.55. The second-order valence-corrected chi connectivity index (χ2v) is 8.65. The third kappa shape index (κ3) is 5.19. The maximum Gasteiger partial charge on any atom is 0.266 e. The van der Waals surface area contributed by atoms with Crippen LogP contribution in [0.4, 0.5) is 11.5 Å². The fourth-order valence-electron chi connectivity index (χ4n) is 3.85. The molecule has 2 fully saturated rings. The predicted octanol–water partition coefficient (Wildman–Crippen LogP) is 2.47. The van der Waals surface area contributed by atoms with Gasteiger partial charge in [-0.3, -0.25) is 4.79 Å². The molecule has 1 aromatic heterocycles. The summed E-state index contributed by atoms with van der Waals surface area (Å²) in [5.41, 5.74) is 0.0674. The Bertz CT molecular complexity index is 894. The Morgan fingerprint density at radius 3 is 2.39 bits per heavy atom. The molecule has 0 atom stereocenters. The Labute approximate surface area is 187 Å². The second kappa shape index (κ2) is 9.28. The Balaban J connectivity index is 1.35. The number of ether oxygens (including phenoxy) is 2. The number of anilines is 2. The molecule has 0 unspecified atom stereocenters. The third-order valence-corrected chi connectivity index (χ3v) is 5.85. The highest BCUT2D eigenvalue weighted by Gasteiger charge is 2.36. The molecular weight excluding hydrogens is 418 g/mol. The van der Waals surface area contributed by atoms with E-state index in [9.17, 15) is 4.79 Å². The van der Waals surface area contributed by atoms with E-state index >= 15 is 0 Å². The summed E-state index contributed by atoms with van der Waals surface area (Å²) in [6.07, 6.45) is 1.79. The van der Waals surface area contributed by atoms with Gasteiger partial charge in [0.25, 0.3) is 5.91 Å². The Morgan fingerprint density at radius 1 is 1.03 bits per heavy atom. The van der Waals surface area contributed by atoms with Crippen LogP contribution >= 0.6 is 11.6 Å². The monoisotopic (exact) mass is 445 g/mol. The first-order valence-corrected chi connectivity index (χ1v) is 10.9. The lowest BCUT2D eigenvalue weighted by atomic mass is 10.1. The number of aromatic nitrogens is 2. The predicted molar refractivity (Wildman–Crippen MR) is 120 cm³/mol. The van der Waals surface area contributed by atoms with Crippen molar-refractivity contribution in [2.75, 3.05) is 62.3 Å². The minimum atomic E-state index is -0.961. The highest BCUT2D eigenvalue weighted by molar-refractivity contribution is 6.30. The summed E-state index contributed by atoms with van der Waals surface area (Å²) >= 11 is 5.93. The number of benzene rings is 1. The van der Waals surface area contributed by atoms with Crippen LogP contribution in [0.25, 0.3) is 0 Å². The number of rotatable bonds is 5. The zero-order chi connectivity index (χ0) is 21.8. The fraction of sp³-hybridized carbons (Fsp3) is 0.500. The van der Waals surface area contributed by atoms with E-state index in [4.69, 9.17) is 21.1 Å². The molecule has 2 aliphatic heterocycles. The normalized spacial score (nSPS) is 17.6. The topological polar surface area (TPSA) is 71.0 Å². The van der Waals surface area contributed by atoms with Crippen molar-refractivity contribution >= 4 is 29.0 Å². The number of hydrogen-bond acceptors (Lipinski definition) is 7. The van der Waals surface area contributed by atoms with Crippen LogP contribution in [0.5, 0.6) is 5.75 Å². The molecule has 0 radical (unpaired) electrons. The number of hydrogen-bond donors (Lipinski definition) is 0. The highest BCUT2D eigenvalue weighted by atomic mass is 35.5. The molecule has 0 N–H and O–H groups in total. The molecule has 1 amide bonds. The average Bonchev–Trinajstić information content (AvgIpc) is 2.81. The van der Waals surface area contributed by atoms with Gasteiger partial charge in [0.05, 0.1) is 25.1 Å². The molecule has 9 heteroatoms. The van der Waals surface area contributed by atoms with E-state index in [0.717, 1.165) is 37.7 Å². The summed E-state index contributed by atoms with van der Waals surface area (Å²) in [7, 11) is 0. The SMILES string of the molecule is CC(C)(Oc1ccc(Cl)cc1)C(=O)N1CCN(c2cnnc(N3CCOCC3)c2)CC1. The number of nitrogens with zero attached hydrogens (tertiary/aromatic N) is 5. The van der Waals surface area contributed by atoms with Gasteiger partial charge < -0.3 is 24.2 Å². The Kier molecular flexibility index (Phi) is 6.48. The van der Waals surface area contributed by atoms with Crippen molar-refractivity contribution < 1.29 is 14.3 Å². The molecule has 166 valence electrons. The first kappa shape index (κ1) is 21.6. The smallest absolute Gasteiger partial charge is 0.266 e. The van der Waals surface area contributed by atoms with E-state index < -0.39 is 5.60 Å². The van der Waals surface area contributed by atoms with E-state index in [0.29, 0.717) is 37.1 Å². The van der Waals surface area contributed by atoms with Crippen molar-refractivity contribution in [1.29, 1.82) is 0 Å². The van der Waals surface area contributed by atoms with Gasteiger partial charge in [0.15, 0.2) is 11.4 Å². The molecule has 0 spiro atoms. The molecule has 31 heavy (non-hydrogen) atoms. The lowest BCUT2D eigenvalue weighted by molar-refractivity contribution is -0.145. The zero-order valence-electron chi connectivity index (χ0n) is 18.0. The van der Waals surface area contributed by atoms with Gasteiger partial charge in [-0.2, -0.15) is 5.10 Å². The number of carbonyl (C=O) groups excluding carboxylic acids is 1. The minimum Gasteiger partial charge on any atom is -0.478 e. The maximum atomic E-state index is 13.1. The Hall–Kier alpha value is -2.58. The van der Waals surface area contributed by atoms with Crippen LogP contribution < -0.4 is 14.5 Å². The van der Waals surface area contributed by atoms with Gasteiger partial charge in [-0.1, -0.05) is 11.6 Å². The molecule has 0 saturated carbocycles. The first-order chi connectivity index (χ1) is 14.9. The van der Waals surface area contributed by atoms with Crippen LogP contribution in [0.2, 0.25) is 5.02 Å². The number of halogens is 1. The van der Waals surface area contributed by atoms with E-state index in [2.05, 4.69) is 26.1 Å². The maximum absolute atomic E-state index is 13.1. The number of piperazine rings is 1. The van der Waals surface area contributed by atoms with Crippen molar-refractivity contribution in [3.05, 3.63) is 41.6 Å². The van der Waals surface area contributed by atoms with E-state index in [1.54, 1.807) is 44.3 Å². The molecule has 1 aromatic carbocycles. The van der Waals surface area contributed by atoms with Gasteiger partial charge in [-0.25, -0.2) is 0 Å². The molecule has 0 aliphatic carbocycles. The van der Waals surface area contributed by atoms with Crippen LogP contribution in [0.1, 0.15) is 13.8 Å². The standard InChI is InChI=1S/C22H28ClN5O3/c1-22(2,31-19-5-3-17(23)4-6-19)21(29)28-9-7-26(8-10-28)18-15-20(25-24-16-18)27-11-13-30-14-12-27/h3-6,15-16H,7-14H2,1-2H3. The summed E-state index contributed by atoms with van der Waals surface area (Å²) in [6.45, 7) is 9.39. The van der Waals surface area contributed by atoms with Crippen LogP contribution in [-0.4, -0.2) is 79.1 Å². The fourth-order valence-corrected chi connectivity index (χ4v) is 3.98. The van der Waals surface area contributed by atoms with Crippen molar-refractivity contribution in [3.63, 3.8) is 0 Å². The van der Waals surface area contributed by atoms with Crippen molar-refractivity contribution in [2.45, 2.75) is 19.4 Å².